The third-order valence-electron chi connectivity index (χ3n) is 3.42. The van der Waals surface area contributed by atoms with Crippen LogP contribution in [-0.2, 0) is 16.1 Å². The molecule has 2 N–H and O–H groups in total. The Morgan fingerprint density at radius 1 is 1.36 bits per heavy atom. The van der Waals surface area contributed by atoms with Gasteiger partial charge in [-0.15, -0.1) is 13.2 Å². The van der Waals surface area contributed by atoms with E-state index < -0.39 is 23.9 Å². The van der Waals surface area contributed by atoms with E-state index in [1.165, 1.54) is 23.1 Å². The summed E-state index contributed by atoms with van der Waals surface area (Å²) < 4.78 is 41.5. The van der Waals surface area contributed by atoms with Crippen molar-refractivity contribution < 1.29 is 27.5 Å². The van der Waals surface area contributed by atoms with Crippen LogP contribution in [0.3, 0.4) is 0 Å². The van der Waals surface area contributed by atoms with E-state index in [4.69, 9.17) is 0 Å². The molecule has 2 heterocycles. The zero-order valence-corrected chi connectivity index (χ0v) is 12.6. The molecule has 0 unspecified atom stereocenters. The van der Waals surface area contributed by atoms with Gasteiger partial charge in [-0.3, -0.25) is 14.9 Å². The highest BCUT2D eigenvalue weighted by molar-refractivity contribution is 5.98. The number of alkyl halides is 3. The number of hydrogen-bond acceptors (Lipinski definition) is 5. The number of nitrogens with zero attached hydrogens (tertiary/aromatic N) is 3. The van der Waals surface area contributed by atoms with Gasteiger partial charge in [0, 0.05) is 12.1 Å². The first kappa shape index (κ1) is 16.7. The molecule has 1 aliphatic rings. The molecule has 0 bridgehead atoms. The lowest BCUT2D eigenvalue weighted by molar-refractivity contribution is -0.274. The Labute approximate surface area is 139 Å². The minimum absolute atomic E-state index is 0.105. The molecule has 0 radical (unpaired) electrons. The lowest BCUT2D eigenvalue weighted by Gasteiger charge is -2.21. The summed E-state index contributed by atoms with van der Waals surface area (Å²) in [6.07, 6.45) is -3.59. The van der Waals surface area contributed by atoms with Gasteiger partial charge in [0.25, 0.3) is 0 Å². The Kier molecular flexibility index (Phi) is 4.30. The van der Waals surface area contributed by atoms with Crippen LogP contribution in [0.25, 0.3) is 0 Å². The molecule has 0 saturated heterocycles. The van der Waals surface area contributed by atoms with Crippen LogP contribution < -0.4 is 15.4 Å². The fourth-order valence-corrected chi connectivity index (χ4v) is 2.33. The number of nitrogens with one attached hydrogen (secondary N) is 2. The number of aromatic nitrogens is 3. The molecule has 1 aliphatic heterocycles. The van der Waals surface area contributed by atoms with Crippen LogP contribution in [0.15, 0.2) is 30.6 Å². The van der Waals surface area contributed by atoms with Gasteiger partial charge >= 0.3 is 6.36 Å². The molecule has 1 aromatic carbocycles. The number of fused-ring (bicyclic) bond motifs is 1. The first-order chi connectivity index (χ1) is 11.8. The fourth-order valence-electron chi connectivity index (χ4n) is 2.33. The van der Waals surface area contributed by atoms with Gasteiger partial charge in [0.1, 0.15) is 12.1 Å². The number of ether oxygens (including phenoxy) is 1. The van der Waals surface area contributed by atoms with Crippen molar-refractivity contribution in [2.75, 3.05) is 10.6 Å². The maximum absolute atomic E-state index is 12.1. The molecule has 11 heteroatoms. The number of rotatable bonds is 4. The predicted molar refractivity (Wildman–Crippen MR) is 78.5 cm³/mol. The Balaban J connectivity index is 1.57. The van der Waals surface area contributed by atoms with E-state index in [1.807, 2.05) is 0 Å². The molecule has 0 aliphatic carbocycles. The van der Waals surface area contributed by atoms with Crippen molar-refractivity contribution >= 4 is 23.5 Å². The van der Waals surface area contributed by atoms with Gasteiger partial charge < -0.3 is 10.1 Å². The summed E-state index contributed by atoms with van der Waals surface area (Å²) in [5.74, 6) is -1.49. The third kappa shape index (κ3) is 4.25. The predicted octanol–water partition coefficient (Wildman–Crippen LogP) is 1.77. The smallest absolute Gasteiger partial charge is 0.406 e. The molecule has 1 atom stereocenters. The lowest BCUT2D eigenvalue weighted by atomic mass is 10.0. The fraction of sp³-hybridized carbons (Fsp3) is 0.286. The van der Waals surface area contributed by atoms with Gasteiger partial charge in [0.2, 0.25) is 17.8 Å². The second kappa shape index (κ2) is 6.42. The monoisotopic (exact) mass is 355 g/mol. The van der Waals surface area contributed by atoms with Gasteiger partial charge in [-0.05, 0) is 24.3 Å². The topological polar surface area (TPSA) is 98.1 Å². The molecule has 0 spiro atoms. The number of halogens is 3. The molecular weight excluding hydrogens is 343 g/mol. The number of anilines is 2. The molecular formula is C14H12F3N5O3. The number of carbonyl (C=O) groups is 2. The number of benzene rings is 1. The van der Waals surface area contributed by atoms with Crippen molar-refractivity contribution in [1.29, 1.82) is 0 Å². The largest absolute Gasteiger partial charge is 0.573 e. The molecule has 2 amide bonds. The standard InChI is InChI=1S/C14H12F3N5O3/c15-14(16,17)25-10-3-1-9(2-4-10)20-11(23)5-8-6-22-13(18-7-19-22)21-12(8)24/h1-4,7-8H,5-6H2,(H,20,23)(H,18,19,21,24)/t8-/m0/s1. The minimum atomic E-state index is -4.78. The summed E-state index contributed by atoms with van der Waals surface area (Å²) >= 11 is 0. The van der Waals surface area contributed by atoms with Gasteiger partial charge in [-0.2, -0.15) is 10.1 Å². The average molecular weight is 355 g/mol. The summed E-state index contributed by atoms with van der Waals surface area (Å²) in [6.45, 7) is 0.215. The minimum Gasteiger partial charge on any atom is -0.406 e. The Morgan fingerprint density at radius 2 is 2.08 bits per heavy atom. The Morgan fingerprint density at radius 3 is 2.76 bits per heavy atom. The quantitative estimate of drug-likeness (QED) is 0.871. The van der Waals surface area contributed by atoms with Crippen molar-refractivity contribution in [3.63, 3.8) is 0 Å². The summed E-state index contributed by atoms with van der Waals surface area (Å²) in [7, 11) is 0. The van der Waals surface area contributed by atoms with Crippen molar-refractivity contribution in [3.05, 3.63) is 30.6 Å². The third-order valence-corrected chi connectivity index (χ3v) is 3.42. The number of amides is 2. The van der Waals surface area contributed by atoms with Crippen LogP contribution in [0, 0.1) is 5.92 Å². The van der Waals surface area contributed by atoms with Crippen molar-refractivity contribution in [2.45, 2.75) is 19.3 Å². The van der Waals surface area contributed by atoms with Gasteiger partial charge in [0.15, 0.2) is 0 Å². The summed E-state index contributed by atoms with van der Waals surface area (Å²) in [5, 5.41) is 8.98. The first-order valence-electron chi connectivity index (χ1n) is 7.14. The molecule has 0 saturated carbocycles. The Bertz CT molecular complexity index is 788. The normalized spacial score (nSPS) is 16.8. The second-order valence-corrected chi connectivity index (χ2v) is 5.28. The average Bonchev–Trinajstić information content (AvgIpc) is 2.95. The lowest BCUT2D eigenvalue weighted by Crippen LogP contribution is -2.36. The highest BCUT2D eigenvalue weighted by Gasteiger charge is 2.31. The SMILES string of the molecule is O=C(C[C@H]1Cn2ncnc2NC1=O)Nc1ccc(OC(F)(F)F)cc1. The van der Waals surface area contributed by atoms with Crippen LogP contribution in [0.1, 0.15) is 6.42 Å². The van der Waals surface area contributed by atoms with Crippen LogP contribution in [0.2, 0.25) is 0 Å². The summed E-state index contributed by atoms with van der Waals surface area (Å²) in [4.78, 5) is 27.8. The van der Waals surface area contributed by atoms with E-state index in [-0.39, 0.29) is 24.6 Å². The van der Waals surface area contributed by atoms with E-state index in [2.05, 4.69) is 25.5 Å². The number of hydrogen-bond donors (Lipinski definition) is 2. The summed E-state index contributed by atoms with van der Waals surface area (Å²) in [6, 6.07) is 4.71. The Hall–Kier alpha value is -3.11. The molecule has 2 aromatic rings. The van der Waals surface area contributed by atoms with Gasteiger partial charge in [0.05, 0.1) is 12.5 Å². The van der Waals surface area contributed by atoms with Crippen LogP contribution in [0.5, 0.6) is 5.75 Å². The molecule has 3 rings (SSSR count). The van der Waals surface area contributed by atoms with Crippen molar-refractivity contribution in [3.8, 4) is 5.75 Å². The van der Waals surface area contributed by atoms with Crippen molar-refractivity contribution in [1.82, 2.24) is 14.8 Å². The summed E-state index contributed by atoms with van der Waals surface area (Å²) in [5.41, 5.74) is 0.289. The molecule has 25 heavy (non-hydrogen) atoms. The van der Waals surface area contributed by atoms with E-state index >= 15 is 0 Å². The zero-order valence-electron chi connectivity index (χ0n) is 12.6. The van der Waals surface area contributed by atoms with Gasteiger partial charge in [-0.1, -0.05) is 0 Å². The van der Waals surface area contributed by atoms with Gasteiger partial charge in [-0.25, -0.2) is 4.68 Å². The highest BCUT2D eigenvalue weighted by Crippen LogP contribution is 2.24. The highest BCUT2D eigenvalue weighted by atomic mass is 19.4. The van der Waals surface area contributed by atoms with Crippen LogP contribution in [-0.4, -0.2) is 32.9 Å². The van der Waals surface area contributed by atoms with Crippen LogP contribution >= 0.6 is 0 Å². The molecule has 132 valence electrons. The maximum Gasteiger partial charge on any atom is 0.573 e. The number of carbonyl (C=O) groups excluding carboxylic acids is 2. The van der Waals surface area contributed by atoms with Crippen LogP contribution in [0.4, 0.5) is 24.8 Å². The molecule has 0 fully saturated rings. The van der Waals surface area contributed by atoms with Crippen molar-refractivity contribution in [2.24, 2.45) is 5.92 Å². The molecule has 8 nitrogen and oxygen atoms in total. The van der Waals surface area contributed by atoms with E-state index in [0.29, 0.717) is 5.95 Å². The zero-order chi connectivity index (χ0) is 18.0. The molecule has 1 aromatic heterocycles. The van der Waals surface area contributed by atoms with E-state index in [0.717, 1.165) is 12.1 Å². The second-order valence-electron chi connectivity index (χ2n) is 5.28. The van der Waals surface area contributed by atoms with E-state index in [9.17, 15) is 22.8 Å². The first-order valence-corrected chi connectivity index (χ1v) is 7.14. The maximum atomic E-state index is 12.1. The van der Waals surface area contributed by atoms with E-state index in [1.54, 1.807) is 0 Å².